The molecular weight excluding hydrogens is 631 g/mol. The van der Waals surface area contributed by atoms with Crippen molar-refractivity contribution >= 4 is 28.1 Å². The van der Waals surface area contributed by atoms with Crippen LogP contribution >= 0.6 is 0 Å². The van der Waals surface area contributed by atoms with Crippen LogP contribution in [0, 0.1) is 0 Å². The van der Waals surface area contributed by atoms with Crippen LogP contribution in [0.15, 0.2) is 163 Å². The molecule has 0 saturated carbocycles. The van der Waals surface area contributed by atoms with Crippen molar-refractivity contribution < 1.29 is 0 Å². The molecule has 0 spiro atoms. The maximum atomic E-state index is 5.19. The summed E-state index contributed by atoms with van der Waals surface area (Å²) in [7, 11) is 0. The first-order valence-corrected chi connectivity index (χ1v) is 18.2. The number of hydrogen-bond acceptors (Lipinski definition) is 3. The van der Waals surface area contributed by atoms with Crippen molar-refractivity contribution in [2.75, 3.05) is 0 Å². The molecule has 0 N–H and O–H groups in total. The Morgan fingerprint density at radius 1 is 0.731 bits per heavy atom. The molecule has 0 amide bonds. The Hall–Kier alpha value is -5.93. The highest BCUT2D eigenvalue weighted by Crippen LogP contribution is 2.38. The van der Waals surface area contributed by atoms with Gasteiger partial charge in [0, 0.05) is 28.0 Å². The summed E-state index contributed by atoms with van der Waals surface area (Å²) < 4.78 is 0. The van der Waals surface area contributed by atoms with Crippen molar-refractivity contribution in [3.8, 4) is 22.6 Å². The van der Waals surface area contributed by atoms with E-state index in [1.165, 1.54) is 22.3 Å². The fourth-order valence-corrected chi connectivity index (χ4v) is 6.43. The maximum Gasteiger partial charge on any atom is 0.160 e. The third-order valence-electron chi connectivity index (χ3n) is 9.22. The molecule has 0 aliphatic heterocycles. The van der Waals surface area contributed by atoms with E-state index >= 15 is 0 Å². The first-order chi connectivity index (χ1) is 25.4. The van der Waals surface area contributed by atoms with Gasteiger partial charge in [-0.1, -0.05) is 166 Å². The molecule has 0 unspecified atom stereocenters. The molecule has 3 heteroatoms. The summed E-state index contributed by atoms with van der Waals surface area (Å²) in [6.45, 7) is 20.8. The van der Waals surface area contributed by atoms with Crippen molar-refractivity contribution in [2.45, 2.75) is 54.4 Å². The Morgan fingerprint density at radius 3 is 2.04 bits per heavy atom. The van der Waals surface area contributed by atoms with Gasteiger partial charge in [0.25, 0.3) is 0 Å². The first-order valence-electron chi connectivity index (χ1n) is 18.2. The monoisotopic (exact) mass is 679 g/mol. The summed E-state index contributed by atoms with van der Waals surface area (Å²) in [6, 6.07) is 35.6. The second-order valence-electron chi connectivity index (χ2n) is 12.5. The highest BCUT2D eigenvalue weighted by Gasteiger charge is 2.23. The van der Waals surface area contributed by atoms with Gasteiger partial charge in [-0.3, -0.25) is 4.99 Å². The molecule has 0 bridgehead atoms. The third kappa shape index (κ3) is 8.33. The molecule has 3 nitrogen and oxygen atoms in total. The molecule has 0 fully saturated rings. The quantitative estimate of drug-likeness (QED) is 0.109. The summed E-state index contributed by atoms with van der Waals surface area (Å²) in [4.78, 5) is 15.4. The van der Waals surface area contributed by atoms with E-state index in [-0.39, 0.29) is 0 Å². The standard InChI is InChI=1S/C47H43N3.C2H6/c1-7-10-19-41-32(4)22-31-43-45(39-17-12-11-13-18-39)49-47(50-46(41)43)40-29-23-36(24-30-40)33(5)42-20-14-15-21-44(42)48-34(6)37-25-27-38(28-26-37)35(9-3)16-8-2;1-2/h7-21,23-30H,1,5,22,31H2,2-4,6H3;1-2H3/b16-8-,19-10-,35-9+,48-34?;. The highest BCUT2D eigenvalue weighted by atomic mass is 14.9. The normalized spacial score (nSPS) is 13.2. The van der Waals surface area contributed by atoms with Crippen LogP contribution < -0.4 is 0 Å². The molecule has 260 valence electrons. The number of aromatic nitrogens is 2. The third-order valence-corrected chi connectivity index (χ3v) is 9.22. The van der Waals surface area contributed by atoms with E-state index in [9.17, 15) is 0 Å². The molecule has 5 aromatic rings. The van der Waals surface area contributed by atoms with E-state index in [1.807, 2.05) is 51.1 Å². The number of benzene rings is 4. The van der Waals surface area contributed by atoms with E-state index < -0.39 is 0 Å². The zero-order chi connectivity index (χ0) is 37.0. The molecule has 0 atom stereocenters. The largest absolute Gasteiger partial charge is 0.252 e. The Kier molecular flexibility index (Phi) is 12.8. The SMILES string of the molecule is C=C/C=C\C1=C(C)CCc2c1nc(-c1ccc(C(=C)c3ccccc3N=C(C)c3ccc(C(/C=C\C)=C/C)cc3)cc1)nc2-c1ccccc1.CC. The molecule has 0 saturated heterocycles. The van der Waals surface area contributed by atoms with E-state index in [1.54, 1.807) is 0 Å². The minimum absolute atomic E-state index is 0.706. The van der Waals surface area contributed by atoms with Gasteiger partial charge in [0.15, 0.2) is 5.82 Å². The number of aliphatic imine (C=N–C) groups is 1. The van der Waals surface area contributed by atoms with E-state index in [0.717, 1.165) is 74.6 Å². The summed E-state index contributed by atoms with van der Waals surface area (Å²) in [6.07, 6.45) is 14.1. The molecule has 6 rings (SSSR count). The van der Waals surface area contributed by atoms with Crippen LogP contribution in [0.3, 0.4) is 0 Å². The van der Waals surface area contributed by atoms with Crippen LogP contribution in [0.5, 0.6) is 0 Å². The molecule has 1 heterocycles. The average Bonchev–Trinajstić information content (AvgIpc) is 3.20. The van der Waals surface area contributed by atoms with E-state index in [4.69, 9.17) is 15.0 Å². The van der Waals surface area contributed by atoms with Gasteiger partial charge in [-0.2, -0.15) is 0 Å². The Labute approximate surface area is 311 Å². The lowest BCUT2D eigenvalue weighted by molar-refractivity contribution is 0.893. The van der Waals surface area contributed by atoms with Gasteiger partial charge < -0.3 is 0 Å². The van der Waals surface area contributed by atoms with Gasteiger partial charge in [-0.15, -0.1) is 0 Å². The lowest BCUT2D eigenvalue weighted by atomic mass is 9.87. The van der Waals surface area contributed by atoms with Crippen LogP contribution in [0.2, 0.25) is 0 Å². The smallest absolute Gasteiger partial charge is 0.160 e. The fraction of sp³-hybridized carbons (Fsp3) is 0.163. The predicted molar refractivity (Wildman–Crippen MR) is 226 cm³/mol. The maximum absolute atomic E-state index is 5.19. The predicted octanol–water partition coefficient (Wildman–Crippen LogP) is 13.5. The molecular formula is C49H49N3. The number of para-hydroxylation sites is 1. The van der Waals surface area contributed by atoms with Crippen LogP contribution in [-0.4, -0.2) is 15.7 Å². The van der Waals surface area contributed by atoms with E-state index in [0.29, 0.717) is 5.82 Å². The first kappa shape index (κ1) is 37.3. The molecule has 0 radical (unpaired) electrons. The number of fused-ring (bicyclic) bond motifs is 1. The number of nitrogens with zero attached hydrogens (tertiary/aromatic N) is 3. The lowest BCUT2D eigenvalue weighted by Crippen LogP contribution is -2.10. The summed E-state index contributed by atoms with van der Waals surface area (Å²) in [5.74, 6) is 0.706. The van der Waals surface area contributed by atoms with Crippen molar-refractivity contribution in [3.05, 3.63) is 192 Å². The van der Waals surface area contributed by atoms with Crippen molar-refractivity contribution in [2.24, 2.45) is 4.99 Å². The number of allylic oxidation sites excluding steroid dienone is 9. The van der Waals surface area contributed by atoms with Crippen molar-refractivity contribution in [1.29, 1.82) is 0 Å². The minimum Gasteiger partial charge on any atom is -0.252 e. The van der Waals surface area contributed by atoms with Crippen molar-refractivity contribution in [1.82, 2.24) is 9.97 Å². The minimum atomic E-state index is 0.706. The second-order valence-corrected chi connectivity index (χ2v) is 12.5. The fourth-order valence-electron chi connectivity index (χ4n) is 6.43. The van der Waals surface area contributed by atoms with Crippen LogP contribution in [0.4, 0.5) is 5.69 Å². The zero-order valence-electron chi connectivity index (χ0n) is 31.4. The van der Waals surface area contributed by atoms with Crippen LogP contribution in [0.25, 0.3) is 39.4 Å². The van der Waals surface area contributed by atoms with Crippen LogP contribution in [-0.2, 0) is 6.42 Å². The lowest BCUT2D eigenvalue weighted by Gasteiger charge is -2.22. The van der Waals surface area contributed by atoms with Gasteiger partial charge in [-0.25, -0.2) is 9.97 Å². The Morgan fingerprint density at radius 2 is 1.37 bits per heavy atom. The second kappa shape index (κ2) is 17.8. The highest BCUT2D eigenvalue weighted by molar-refractivity contribution is 6.01. The summed E-state index contributed by atoms with van der Waals surface area (Å²) in [5, 5.41) is 0. The number of hydrogen-bond donors (Lipinski definition) is 0. The molecule has 4 aromatic carbocycles. The Bertz CT molecular complexity index is 2190. The zero-order valence-corrected chi connectivity index (χ0v) is 31.4. The molecule has 1 aliphatic rings. The number of rotatable bonds is 10. The van der Waals surface area contributed by atoms with Gasteiger partial charge in [0.1, 0.15) is 0 Å². The average molecular weight is 680 g/mol. The van der Waals surface area contributed by atoms with Crippen molar-refractivity contribution in [3.63, 3.8) is 0 Å². The van der Waals surface area contributed by atoms with Gasteiger partial charge in [0.05, 0.1) is 17.1 Å². The summed E-state index contributed by atoms with van der Waals surface area (Å²) >= 11 is 0. The molecule has 1 aliphatic carbocycles. The van der Waals surface area contributed by atoms with E-state index in [2.05, 4.69) is 143 Å². The van der Waals surface area contributed by atoms with Crippen LogP contribution in [0.1, 0.15) is 81.5 Å². The van der Waals surface area contributed by atoms with Gasteiger partial charge in [0.2, 0.25) is 0 Å². The Balaban J connectivity index is 0.00000257. The van der Waals surface area contributed by atoms with Gasteiger partial charge >= 0.3 is 0 Å². The summed E-state index contributed by atoms with van der Waals surface area (Å²) in [5.41, 5.74) is 16.0. The topological polar surface area (TPSA) is 38.1 Å². The molecule has 52 heavy (non-hydrogen) atoms. The molecule has 1 aromatic heterocycles. The van der Waals surface area contributed by atoms with Gasteiger partial charge in [-0.05, 0) is 80.0 Å².